The number of carbonyl (C=O) groups excluding carboxylic acids is 1. The van der Waals surface area contributed by atoms with E-state index in [4.69, 9.17) is 0 Å². The molecule has 2 rings (SSSR count). The first-order valence-electron chi connectivity index (χ1n) is 6.18. The topological polar surface area (TPSA) is 93.1 Å². The van der Waals surface area contributed by atoms with E-state index < -0.39 is 10.0 Å². The smallest absolute Gasteiger partial charge is 0.265 e. The molecule has 1 amide bonds. The number of hydrogen-bond donors (Lipinski definition) is 2. The monoisotopic (exact) mass is 308 g/mol. The number of rotatable bonds is 4. The molecule has 0 radical (unpaired) electrons. The van der Waals surface area contributed by atoms with Crippen LogP contribution in [0.25, 0.3) is 0 Å². The van der Waals surface area contributed by atoms with Crippen LogP contribution in [-0.4, -0.2) is 24.1 Å². The van der Waals surface area contributed by atoms with Gasteiger partial charge in [0.05, 0.1) is 11.9 Å². The van der Waals surface area contributed by atoms with Crippen molar-refractivity contribution in [3.63, 3.8) is 0 Å². The molecule has 1 aromatic heterocycles. The summed E-state index contributed by atoms with van der Waals surface area (Å²) < 4.78 is 28.5. The van der Waals surface area contributed by atoms with Crippen LogP contribution in [0.2, 0.25) is 0 Å². The molecule has 1 aromatic carbocycles. The molecule has 112 valence electrons. The van der Waals surface area contributed by atoms with E-state index in [0.717, 1.165) is 0 Å². The molecular weight excluding hydrogens is 292 g/mol. The second-order valence-corrected chi connectivity index (χ2v) is 6.23. The van der Waals surface area contributed by atoms with Gasteiger partial charge in [0.1, 0.15) is 4.90 Å². The van der Waals surface area contributed by atoms with Gasteiger partial charge in [-0.3, -0.25) is 14.2 Å². The fourth-order valence-electron chi connectivity index (χ4n) is 1.78. The number of benzene rings is 1. The molecule has 0 aliphatic heterocycles. The van der Waals surface area contributed by atoms with Crippen LogP contribution >= 0.6 is 0 Å². The van der Waals surface area contributed by atoms with Crippen molar-refractivity contribution in [3.8, 4) is 0 Å². The van der Waals surface area contributed by atoms with Crippen LogP contribution in [0, 0.1) is 6.92 Å². The van der Waals surface area contributed by atoms with E-state index in [-0.39, 0.29) is 10.8 Å². The van der Waals surface area contributed by atoms with Crippen LogP contribution < -0.4 is 10.0 Å². The lowest BCUT2D eigenvalue weighted by Crippen LogP contribution is -2.14. The molecular formula is C13H16N4O3S. The molecule has 2 N–H and O–H groups in total. The summed E-state index contributed by atoms with van der Waals surface area (Å²) in [5.41, 5.74) is 1.56. The lowest BCUT2D eigenvalue weighted by Gasteiger charge is -2.08. The summed E-state index contributed by atoms with van der Waals surface area (Å²) in [5, 5.41) is 6.53. The molecule has 0 bridgehead atoms. The number of carbonyl (C=O) groups is 1. The van der Waals surface area contributed by atoms with E-state index in [9.17, 15) is 13.2 Å². The third-order valence-corrected chi connectivity index (χ3v) is 4.42. The summed E-state index contributed by atoms with van der Waals surface area (Å²) >= 11 is 0. The first kappa shape index (κ1) is 15.0. The predicted octanol–water partition coefficient (Wildman–Crippen LogP) is 1.49. The number of nitrogens with one attached hydrogen (secondary N) is 2. The van der Waals surface area contributed by atoms with E-state index in [2.05, 4.69) is 15.1 Å². The lowest BCUT2D eigenvalue weighted by molar-refractivity contribution is -0.114. The highest BCUT2D eigenvalue weighted by Gasteiger charge is 2.19. The van der Waals surface area contributed by atoms with Crippen LogP contribution in [0.5, 0.6) is 0 Å². The van der Waals surface area contributed by atoms with Gasteiger partial charge in [-0.15, -0.1) is 0 Å². The lowest BCUT2D eigenvalue weighted by atomic mass is 10.3. The van der Waals surface area contributed by atoms with E-state index in [1.807, 2.05) is 0 Å². The summed E-state index contributed by atoms with van der Waals surface area (Å²) in [6.07, 6.45) is 1.31. The van der Waals surface area contributed by atoms with Crippen molar-refractivity contribution < 1.29 is 13.2 Å². The van der Waals surface area contributed by atoms with Crippen LogP contribution in [0.15, 0.2) is 35.4 Å². The Morgan fingerprint density at radius 1 is 1.19 bits per heavy atom. The summed E-state index contributed by atoms with van der Waals surface area (Å²) in [4.78, 5) is 11.1. The van der Waals surface area contributed by atoms with Gasteiger partial charge in [-0.25, -0.2) is 8.42 Å². The maximum Gasteiger partial charge on any atom is 0.265 e. The number of sulfonamides is 1. The van der Waals surface area contributed by atoms with Gasteiger partial charge in [-0.2, -0.15) is 5.10 Å². The van der Waals surface area contributed by atoms with E-state index in [0.29, 0.717) is 17.1 Å². The SMILES string of the molecule is CC(=O)Nc1ccc(NS(=O)(=O)c2cnn(C)c2C)cc1. The van der Waals surface area contributed by atoms with Crippen LogP contribution in [-0.2, 0) is 21.9 Å². The van der Waals surface area contributed by atoms with E-state index in [1.54, 1.807) is 38.2 Å². The Labute approximate surface area is 123 Å². The molecule has 0 spiro atoms. The molecule has 0 saturated carbocycles. The zero-order valence-electron chi connectivity index (χ0n) is 11.9. The van der Waals surface area contributed by atoms with E-state index in [1.165, 1.54) is 17.8 Å². The predicted molar refractivity (Wildman–Crippen MR) is 79.5 cm³/mol. The van der Waals surface area contributed by atoms with Crippen LogP contribution in [0.4, 0.5) is 11.4 Å². The van der Waals surface area contributed by atoms with Gasteiger partial charge in [0.25, 0.3) is 10.0 Å². The average Bonchev–Trinajstić information content (AvgIpc) is 2.72. The van der Waals surface area contributed by atoms with Crippen LogP contribution in [0.1, 0.15) is 12.6 Å². The Hall–Kier alpha value is -2.35. The molecule has 7 nitrogen and oxygen atoms in total. The highest BCUT2D eigenvalue weighted by atomic mass is 32.2. The van der Waals surface area contributed by atoms with Crippen molar-refractivity contribution >= 4 is 27.3 Å². The Morgan fingerprint density at radius 3 is 2.24 bits per heavy atom. The van der Waals surface area contributed by atoms with Gasteiger partial charge in [0, 0.05) is 25.3 Å². The Bertz CT molecular complexity index is 763. The fraction of sp³-hybridized carbons (Fsp3) is 0.231. The number of aromatic nitrogens is 2. The van der Waals surface area contributed by atoms with Gasteiger partial charge in [-0.1, -0.05) is 0 Å². The number of anilines is 2. The minimum atomic E-state index is -3.68. The molecule has 0 fully saturated rings. The summed E-state index contributed by atoms with van der Waals surface area (Å²) in [6.45, 7) is 3.09. The zero-order valence-corrected chi connectivity index (χ0v) is 12.7. The molecule has 0 saturated heterocycles. The van der Waals surface area contributed by atoms with Crippen molar-refractivity contribution in [1.29, 1.82) is 0 Å². The van der Waals surface area contributed by atoms with Gasteiger partial charge in [0.15, 0.2) is 0 Å². The minimum absolute atomic E-state index is 0.135. The van der Waals surface area contributed by atoms with Crippen molar-refractivity contribution in [2.24, 2.45) is 7.05 Å². The molecule has 2 aromatic rings. The third-order valence-electron chi connectivity index (χ3n) is 2.94. The number of nitrogens with zero attached hydrogens (tertiary/aromatic N) is 2. The number of amides is 1. The van der Waals surface area contributed by atoms with Crippen molar-refractivity contribution in [2.45, 2.75) is 18.7 Å². The Morgan fingerprint density at radius 2 is 1.76 bits per heavy atom. The molecule has 0 aliphatic carbocycles. The Kier molecular flexibility index (Phi) is 3.99. The van der Waals surface area contributed by atoms with Gasteiger partial charge in [-0.05, 0) is 31.2 Å². The molecule has 21 heavy (non-hydrogen) atoms. The number of aryl methyl sites for hydroxylation is 1. The third kappa shape index (κ3) is 3.40. The van der Waals surface area contributed by atoms with Crippen LogP contribution in [0.3, 0.4) is 0 Å². The summed E-state index contributed by atoms with van der Waals surface area (Å²) in [7, 11) is -2.00. The average molecular weight is 308 g/mol. The first-order chi connectivity index (χ1) is 9.79. The summed E-state index contributed by atoms with van der Waals surface area (Å²) in [6, 6.07) is 6.40. The molecule has 0 atom stereocenters. The molecule has 1 heterocycles. The van der Waals surface area contributed by atoms with Gasteiger partial charge >= 0.3 is 0 Å². The van der Waals surface area contributed by atoms with E-state index >= 15 is 0 Å². The second kappa shape index (κ2) is 5.57. The standard InChI is InChI=1S/C13H16N4O3S/c1-9-13(8-14-17(9)3)21(19,20)16-12-6-4-11(5-7-12)15-10(2)18/h4-8,16H,1-3H3,(H,15,18). The highest BCUT2D eigenvalue weighted by molar-refractivity contribution is 7.92. The highest BCUT2D eigenvalue weighted by Crippen LogP contribution is 2.20. The molecule has 8 heteroatoms. The van der Waals surface area contributed by atoms with Crippen molar-refractivity contribution in [3.05, 3.63) is 36.2 Å². The second-order valence-electron chi connectivity index (χ2n) is 4.58. The maximum atomic E-state index is 12.3. The van der Waals surface area contributed by atoms with Crippen molar-refractivity contribution in [2.75, 3.05) is 10.0 Å². The Balaban J connectivity index is 2.21. The summed E-state index contributed by atoms with van der Waals surface area (Å²) in [5.74, 6) is -0.186. The minimum Gasteiger partial charge on any atom is -0.326 e. The number of hydrogen-bond acceptors (Lipinski definition) is 4. The quantitative estimate of drug-likeness (QED) is 0.895. The van der Waals surface area contributed by atoms with Gasteiger partial charge in [0.2, 0.25) is 5.91 Å². The molecule has 0 unspecified atom stereocenters. The largest absolute Gasteiger partial charge is 0.326 e. The first-order valence-corrected chi connectivity index (χ1v) is 7.67. The maximum absolute atomic E-state index is 12.3. The fourth-order valence-corrected chi connectivity index (χ4v) is 3.04. The van der Waals surface area contributed by atoms with Crippen molar-refractivity contribution in [1.82, 2.24) is 9.78 Å². The van der Waals surface area contributed by atoms with Gasteiger partial charge < -0.3 is 5.32 Å². The molecule has 0 aliphatic rings. The zero-order chi connectivity index (χ0) is 15.6. The normalized spacial score (nSPS) is 11.2.